The van der Waals surface area contributed by atoms with Crippen molar-refractivity contribution in [1.29, 1.82) is 0 Å². The van der Waals surface area contributed by atoms with Gasteiger partial charge in [0.25, 0.3) is 0 Å². The first-order valence-corrected chi connectivity index (χ1v) is 5.44. The second-order valence-corrected chi connectivity index (χ2v) is 4.06. The highest BCUT2D eigenvalue weighted by atomic mass is 79.9. The summed E-state index contributed by atoms with van der Waals surface area (Å²) in [5.41, 5.74) is 0.710. The van der Waals surface area contributed by atoms with E-state index in [-0.39, 0.29) is 11.8 Å². The number of pyridine rings is 1. The zero-order chi connectivity index (χ0) is 10.6. The number of carbonyl (C=O) groups excluding carboxylic acids is 1. The van der Waals surface area contributed by atoms with Gasteiger partial charge in [-0.2, -0.15) is 0 Å². The molecule has 0 aromatic carbocycles. The van der Waals surface area contributed by atoms with Crippen molar-refractivity contribution in [3.05, 3.63) is 22.9 Å². The number of nitrogens with zero attached hydrogens (tertiary/aromatic N) is 1. The maximum atomic E-state index is 11.5. The summed E-state index contributed by atoms with van der Waals surface area (Å²) in [5.74, 6) is 0.0257. The Balaban J connectivity index is 2.70. The number of hydrogen-bond acceptors (Lipinski definition) is 2. The first kappa shape index (κ1) is 11.5. The summed E-state index contributed by atoms with van der Waals surface area (Å²) in [4.78, 5) is 15.4. The molecule has 0 spiro atoms. The quantitative estimate of drug-likeness (QED) is 0.863. The summed E-state index contributed by atoms with van der Waals surface area (Å²) >= 11 is 8.85. The van der Waals surface area contributed by atoms with Crippen LogP contribution in [0.4, 0.5) is 5.69 Å². The third kappa shape index (κ3) is 2.96. The predicted molar refractivity (Wildman–Crippen MR) is 60.5 cm³/mol. The predicted octanol–water partition coefficient (Wildman–Crippen LogP) is 2.66. The smallest absolute Gasteiger partial charge is 0.228 e. The highest BCUT2D eigenvalue weighted by Crippen LogP contribution is 2.20. The molecule has 1 N–H and O–H groups in total. The maximum absolute atomic E-state index is 11.5. The number of amides is 1. The minimum atomic E-state index is -0.197. The fraction of sp³-hybridized carbons (Fsp3) is 0.333. The maximum Gasteiger partial charge on any atom is 0.228 e. The van der Waals surface area contributed by atoms with Crippen molar-refractivity contribution in [3.8, 4) is 0 Å². The van der Waals surface area contributed by atoms with Crippen LogP contribution in [-0.2, 0) is 4.79 Å². The van der Waals surface area contributed by atoms with Crippen LogP contribution in [0.25, 0.3) is 0 Å². The normalized spacial score (nSPS) is 12.2. The van der Waals surface area contributed by atoms with E-state index in [1.54, 1.807) is 25.4 Å². The topological polar surface area (TPSA) is 42.0 Å². The second kappa shape index (κ2) is 5.32. The number of nitrogens with one attached hydrogen (secondary N) is 1. The first-order chi connectivity index (χ1) is 6.65. The molecule has 0 saturated carbocycles. The van der Waals surface area contributed by atoms with Crippen LogP contribution in [0.15, 0.2) is 22.9 Å². The Labute approximate surface area is 96.0 Å². The van der Waals surface area contributed by atoms with Crippen molar-refractivity contribution >= 4 is 39.1 Å². The minimum Gasteiger partial charge on any atom is -0.325 e. The minimum absolute atomic E-state index is 0.0908. The Morgan fingerprint density at radius 3 is 3.07 bits per heavy atom. The van der Waals surface area contributed by atoms with E-state index >= 15 is 0 Å². The Morgan fingerprint density at radius 2 is 2.50 bits per heavy atom. The Hall–Kier alpha value is -0.610. The van der Waals surface area contributed by atoms with Crippen LogP contribution in [-0.4, -0.2) is 16.8 Å². The highest BCUT2D eigenvalue weighted by Gasteiger charge is 2.12. The van der Waals surface area contributed by atoms with Gasteiger partial charge in [-0.05, 0) is 22.0 Å². The average molecular weight is 278 g/mol. The Morgan fingerprint density at radius 1 is 1.79 bits per heavy atom. The lowest BCUT2D eigenvalue weighted by atomic mass is 10.2. The Kier molecular flexibility index (Phi) is 4.35. The molecule has 0 radical (unpaired) electrons. The molecule has 0 aliphatic rings. The third-order valence-corrected chi connectivity index (χ3v) is 2.80. The molecule has 0 bridgehead atoms. The molecule has 76 valence electrons. The lowest BCUT2D eigenvalue weighted by molar-refractivity contribution is -0.118. The molecular formula is C9H10BrClN2O. The molecule has 0 fully saturated rings. The molecule has 5 heteroatoms. The first-order valence-electron chi connectivity index (χ1n) is 4.11. The number of carbonyl (C=O) groups is 1. The van der Waals surface area contributed by atoms with Gasteiger partial charge in [-0.3, -0.25) is 9.78 Å². The fourth-order valence-corrected chi connectivity index (χ4v) is 1.29. The van der Waals surface area contributed by atoms with E-state index in [2.05, 4.69) is 26.2 Å². The van der Waals surface area contributed by atoms with Crippen LogP contribution in [0, 0.1) is 5.92 Å². The summed E-state index contributed by atoms with van der Waals surface area (Å²) in [6.07, 6.45) is 3.24. The molecule has 14 heavy (non-hydrogen) atoms. The van der Waals surface area contributed by atoms with Crippen molar-refractivity contribution in [2.75, 3.05) is 11.2 Å². The lowest BCUT2D eigenvalue weighted by Crippen LogP contribution is -2.21. The number of hydrogen-bond donors (Lipinski definition) is 1. The summed E-state index contributed by atoms with van der Waals surface area (Å²) in [7, 11) is 0. The van der Waals surface area contributed by atoms with Crippen LogP contribution >= 0.6 is 27.5 Å². The zero-order valence-electron chi connectivity index (χ0n) is 7.63. The second-order valence-electron chi connectivity index (χ2n) is 2.90. The molecule has 1 atom stereocenters. The number of rotatable bonds is 3. The van der Waals surface area contributed by atoms with Gasteiger partial charge < -0.3 is 5.32 Å². The fourth-order valence-electron chi connectivity index (χ4n) is 0.803. The molecule has 3 nitrogen and oxygen atoms in total. The molecule has 0 saturated heterocycles. The summed E-state index contributed by atoms with van der Waals surface area (Å²) in [6.45, 7) is 1.78. The lowest BCUT2D eigenvalue weighted by Gasteiger charge is -2.09. The van der Waals surface area contributed by atoms with Gasteiger partial charge in [-0.25, -0.2) is 0 Å². The Bertz CT molecular complexity index is 332. The molecule has 1 heterocycles. The summed E-state index contributed by atoms with van der Waals surface area (Å²) in [5, 5.41) is 2.75. The van der Waals surface area contributed by atoms with Crippen molar-refractivity contribution in [1.82, 2.24) is 4.98 Å². The van der Waals surface area contributed by atoms with E-state index in [1.807, 2.05) is 0 Å². The van der Waals surface area contributed by atoms with Crippen molar-refractivity contribution in [2.45, 2.75) is 6.92 Å². The van der Waals surface area contributed by atoms with Crippen molar-refractivity contribution in [3.63, 3.8) is 0 Å². The van der Waals surface area contributed by atoms with E-state index in [9.17, 15) is 4.79 Å². The molecule has 0 aliphatic carbocycles. The van der Waals surface area contributed by atoms with Crippen molar-refractivity contribution in [2.24, 2.45) is 5.92 Å². The van der Waals surface area contributed by atoms with E-state index in [1.165, 1.54) is 0 Å². The van der Waals surface area contributed by atoms with Gasteiger partial charge in [-0.1, -0.05) is 6.92 Å². The van der Waals surface area contributed by atoms with Gasteiger partial charge in [0.05, 0.1) is 10.2 Å². The van der Waals surface area contributed by atoms with Crippen molar-refractivity contribution < 1.29 is 4.79 Å². The van der Waals surface area contributed by atoms with Crippen LogP contribution in [0.3, 0.4) is 0 Å². The van der Waals surface area contributed by atoms with Crippen LogP contribution in [0.1, 0.15) is 6.92 Å². The molecule has 1 rings (SSSR count). The third-order valence-electron chi connectivity index (χ3n) is 1.71. The molecule has 1 aromatic rings. The van der Waals surface area contributed by atoms with E-state index in [0.717, 1.165) is 4.47 Å². The average Bonchev–Trinajstić information content (AvgIpc) is 2.20. The molecule has 1 unspecified atom stereocenters. The number of aromatic nitrogens is 1. The van der Waals surface area contributed by atoms with Crippen LogP contribution < -0.4 is 5.32 Å². The van der Waals surface area contributed by atoms with Gasteiger partial charge in [-0.15, -0.1) is 11.6 Å². The van der Waals surface area contributed by atoms with Gasteiger partial charge in [0.15, 0.2) is 0 Å². The summed E-state index contributed by atoms with van der Waals surface area (Å²) < 4.78 is 0.759. The van der Waals surface area contributed by atoms with Gasteiger partial charge >= 0.3 is 0 Å². The SMILES string of the molecule is CC(CCl)C(=O)Nc1ccncc1Br. The molecular weight excluding hydrogens is 267 g/mol. The highest BCUT2D eigenvalue weighted by molar-refractivity contribution is 9.10. The molecule has 1 aromatic heterocycles. The standard InChI is InChI=1S/C9H10BrClN2O/c1-6(4-11)9(14)13-8-2-3-12-5-7(8)10/h2-3,5-6H,4H2,1H3,(H,12,13,14). The molecule has 1 amide bonds. The number of halogens is 2. The number of alkyl halides is 1. The van der Waals surface area contributed by atoms with E-state index in [4.69, 9.17) is 11.6 Å². The van der Waals surface area contributed by atoms with Crippen LogP contribution in [0.2, 0.25) is 0 Å². The van der Waals surface area contributed by atoms with Crippen LogP contribution in [0.5, 0.6) is 0 Å². The number of anilines is 1. The van der Waals surface area contributed by atoms with Gasteiger partial charge in [0.1, 0.15) is 0 Å². The molecule has 0 aliphatic heterocycles. The monoisotopic (exact) mass is 276 g/mol. The largest absolute Gasteiger partial charge is 0.325 e. The zero-order valence-corrected chi connectivity index (χ0v) is 9.97. The van der Waals surface area contributed by atoms with Gasteiger partial charge in [0, 0.05) is 24.2 Å². The van der Waals surface area contributed by atoms with E-state index < -0.39 is 0 Å². The van der Waals surface area contributed by atoms with Gasteiger partial charge in [0.2, 0.25) is 5.91 Å². The summed E-state index contributed by atoms with van der Waals surface area (Å²) in [6, 6.07) is 1.73. The van der Waals surface area contributed by atoms with E-state index in [0.29, 0.717) is 11.6 Å².